The quantitative estimate of drug-likeness (QED) is 0.855. The Kier molecular flexibility index (Phi) is 5.37. The number of hydrogen-bond donors (Lipinski definition) is 1. The fraction of sp³-hybridized carbons (Fsp3) is 0.867. The molecule has 0 saturated heterocycles. The van der Waals surface area contributed by atoms with Crippen molar-refractivity contribution in [3.63, 3.8) is 0 Å². The van der Waals surface area contributed by atoms with Gasteiger partial charge in [0, 0.05) is 5.92 Å². The largest absolute Gasteiger partial charge is 0.338 e. The van der Waals surface area contributed by atoms with Gasteiger partial charge in [0.05, 0.1) is 6.54 Å². The highest BCUT2D eigenvalue weighted by atomic mass is 16.5. The van der Waals surface area contributed by atoms with E-state index in [1.807, 2.05) is 0 Å². The molecule has 1 aromatic heterocycles. The number of aromatic nitrogens is 2. The molecule has 1 N–H and O–H groups in total. The Labute approximate surface area is 116 Å². The van der Waals surface area contributed by atoms with Gasteiger partial charge >= 0.3 is 0 Å². The summed E-state index contributed by atoms with van der Waals surface area (Å²) in [5.41, 5.74) is 0. The fourth-order valence-electron chi connectivity index (χ4n) is 2.87. The second-order valence-corrected chi connectivity index (χ2v) is 6.21. The lowest BCUT2D eigenvalue weighted by atomic mass is 9.80. The number of nitrogens with one attached hydrogen (secondary N) is 1. The molecule has 0 spiro atoms. The first-order chi connectivity index (χ1) is 9.19. The van der Waals surface area contributed by atoms with Crippen LogP contribution >= 0.6 is 0 Å². The second kappa shape index (κ2) is 7.04. The maximum absolute atomic E-state index is 5.34. The lowest BCUT2D eigenvalue weighted by Crippen LogP contribution is -2.19. The van der Waals surface area contributed by atoms with Gasteiger partial charge in [0.1, 0.15) is 0 Å². The van der Waals surface area contributed by atoms with Gasteiger partial charge in [-0.3, -0.25) is 0 Å². The Morgan fingerprint density at radius 3 is 2.95 bits per heavy atom. The molecule has 1 fully saturated rings. The minimum Gasteiger partial charge on any atom is -0.338 e. The zero-order valence-electron chi connectivity index (χ0n) is 12.5. The standard InChI is InChI=1S/C15H27N3O/c1-4-12-6-5-7-13(8-12)15-17-14(19-18-15)10-16-9-11(2)3/h11-13,16H,4-10H2,1-3H3. The molecular weight excluding hydrogens is 238 g/mol. The zero-order chi connectivity index (χ0) is 13.7. The molecule has 1 saturated carbocycles. The third-order valence-corrected chi connectivity index (χ3v) is 4.04. The highest BCUT2D eigenvalue weighted by Gasteiger charge is 2.25. The first-order valence-electron chi connectivity index (χ1n) is 7.72. The van der Waals surface area contributed by atoms with Crippen molar-refractivity contribution in [2.45, 2.75) is 65.3 Å². The van der Waals surface area contributed by atoms with Crippen LogP contribution < -0.4 is 5.32 Å². The minimum atomic E-state index is 0.515. The molecule has 0 aromatic carbocycles. The number of rotatable bonds is 6. The maximum Gasteiger partial charge on any atom is 0.240 e. The van der Waals surface area contributed by atoms with Crippen molar-refractivity contribution in [3.05, 3.63) is 11.7 Å². The molecule has 108 valence electrons. The molecule has 2 rings (SSSR count). The Hall–Kier alpha value is -0.900. The van der Waals surface area contributed by atoms with Gasteiger partial charge in [-0.25, -0.2) is 0 Å². The van der Waals surface area contributed by atoms with Gasteiger partial charge in [-0.05, 0) is 31.2 Å². The van der Waals surface area contributed by atoms with Crippen LogP contribution in [-0.2, 0) is 6.54 Å². The van der Waals surface area contributed by atoms with Crippen LogP contribution in [0.25, 0.3) is 0 Å². The summed E-state index contributed by atoms with van der Waals surface area (Å²) in [5, 5.41) is 7.52. The van der Waals surface area contributed by atoms with Crippen LogP contribution in [0.3, 0.4) is 0 Å². The van der Waals surface area contributed by atoms with Gasteiger partial charge in [-0.15, -0.1) is 0 Å². The van der Waals surface area contributed by atoms with E-state index in [0.717, 1.165) is 24.2 Å². The van der Waals surface area contributed by atoms with Crippen LogP contribution in [0.5, 0.6) is 0 Å². The van der Waals surface area contributed by atoms with Gasteiger partial charge in [0.25, 0.3) is 0 Å². The summed E-state index contributed by atoms with van der Waals surface area (Å²) < 4.78 is 5.34. The first kappa shape index (κ1) is 14.5. The van der Waals surface area contributed by atoms with E-state index in [-0.39, 0.29) is 0 Å². The molecule has 19 heavy (non-hydrogen) atoms. The van der Waals surface area contributed by atoms with Crippen LogP contribution in [-0.4, -0.2) is 16.7 Å². The molecule has 1 heterocycles. The molecule has 1 aliphatic rings. The summed E-state index contributed by atoms with van der Waals surface area (Å²) in [5.74, 6) is 3.67. The summed E-state index contributed by atoms with van der Waals surface area (Å²) in [7, 11) is 0. The smallest absolute Gasteiger partial charge is 0.240 e. The van der Waals surface area contributed by atoms with Crippen molar-refractivity contribution in [2.24, 2.45) is 11.8 Å². The van der Waals surface area contributed by atoms with Crippen molar-refractivity contribution in [2.75, 3.05) is 6.54 Å². The minimum absolute atomic E-state index is 0.515. The Balaban J connectivity index is 1.85. The van der Waals surface area contributed by atoms with E-state index in [1.54, 1.807) is 0 Å². The molecule has 1 aromatic rings. The maximum atomic E-state index is 5.34. The predicted octanol–water partition coefficient (Wildman–Crippen LogP) is 3.50. The van der Waals surface area contributed by atoms with E-state index >= 15 is 0 Å². The van der Waals surface area contributed by atoms with Crippen molar-refractivity contribution in [1.82, 2.24) is 15.5 Å². The van der Waals surface area contributed by atoms with Gasteiger partial charge < -0.3 is 9.84 Å². The van der Waals surface area contributed by atoms with E-state index in [4.69, 9.17) is 4.52 Å². The van der Waals surface area contributed by atoms with Gasteiger partial charge in [-0.1, -0.05) is 45.2 Å². The van der Waals surface area contributed by atoms with Crippen LogP contribution in [0, 0.1) is 11.8 Å². The molecule has 0 amide bonds. The van der Waals surface area contributed by atoms with Crippen molar-refractivity contribution < 1.29 is 4.52 Å². The van der Waals surface area contributed by atoms with E-state index in [2.05, 4.69) is 36.2 Å². The normalized spacial score (nSPS) is 24.0. The van der Waals surface area contributed by atoms with E-state index < -0.39 is 0 Å². The summed E-state index contributed by atoms with van der Waals surface area (Å²) in [6.07, 6.45) is 6.40. The Bertz CT molecular complexity index is 375. The Morgan fingerprint density at radius 2 is 2.21 bits per heavy atom. The predicted molar refractivity (Wildman–Crippen MR) is 75.8 cm³/mol. The average molecular weight is 265 g/mol. The molecule has 0 radical (unpaired) electrons. The summed E-state index contributed by atoms with van der Waals surface area (Å²) in [6, 6.07) is 0. The summed E-state index contributed by atoms with van der Waals surface area (Å²) in [6.45, 7) is 8.34. The van der Waals surface area contributed by atoms with Gasteiger partial charge in [0.15, 0.2) is 5.82 Å². The molecule has 4 heteroatoms. The highest BCUT2D eigenvalue weighted by Crippen LogP contribution is 2.36. The van der Waals surface area contributed by atoms with Crippen molar-refractivity contribution in [1.29, 1.82) is 0 Å². The van der Waals surface area contributed by atoms with Crippen molar-refractivity contribution >= 4 is 0 Å². The van der Waals surface area contributed by atoms with Crippen LogP contribution in [0.1, 0.15) is 70.5 Å². The molecule has 0 aliphatic heterocycles. The van der Waals surface area contributed by atoms with E-state index in [1.165, 1.54) is 32.1 Å². The third kappa shape index (κ3) is 4.30. The lowest BCUT2D eigenvalue weighted by molar-refractivity contribution is 0.297. The zero-order valence-corrected chi connectivity index (χ0v) is 12.5. The fourth-order valence-corrected chi connectivity index (χ4v) is 2.87. The average Bonchev–Trinajstić information content (AvgIpc) is 2.87. The van der Waals surface area contributed by atoms with Crippen molar-refractivity contribution in [3.8, 4) is 0 Å². The molecule has 4 nitrogen and oxygen atoms in total. The lowest BCUT2D eigenvalue weighted by Gasteiger charge is -2.26. The molecule has 1 aliphatic carbocycles. The second-order valence-electron chi connectivity index (χ2n) is 6.21. The third-order valence-electron chi connectivity index (χ3n) is 4.04. The van der Waals surface area contributed by atoms with Gasteiger partial charge in [-0.2, -0.15) is 4.98 Å². The van der Waals surface area contributed by atoms with Gasteiger partial charge in [0.2, 0.25) is 5.89 Å². The SMILES string of the molecule is CCC1CCCC(c2noc(CNCC(C)C)n2)C1. The first-order valence-corrected chi connectivity index (χ1v) is 7.72. The molecule has 0 bridgehead atoms. The van der Waals surface area contributed by atoms with E-state index in [9.17, 15) is 0 Å². The number of hydrogen-bond acceptors (Lipinski definition) is 4. The molecule has 2 unspecified atom stereocenters. The highest BCUT2D eigenvalue weighted by molar-refractivity contribution is 4.98. The van der Waals surface area contributed by atoms with Crippen LogP contribution in [0.4, 0.5) is 0 Å². The monoisotopic (exact) mass is 265 g/mol. The summed E-state index contributed by atoms with van der Waals surface area (Å²) >= 11 is 0. The molecular formula is C15H27N3O. The molecule has 2 atom stereocenters. The Morgan fingerprint density at radius 1 is 1.37 bits per heavy atom. The van der Waals surface area contributed by atoms with E-state index in [0.29, 0.717) is 18.4 Å². The van der Waals surface area contributed by atoms with Crippen LogP contribution in [0.15, 0.2) is 4.52 Å². The number of nitrogens with zero attached hydrogens (tertiary/aromatic N) is 2. The van der Waals surface area contributed by atoms with Crippen LogP contribution in [0.2, 0.25) is 0 Å². The summed E-state index contributed by atoms with van der Waals surface area (Å²) in [4.78, 5) is 4.56. The topological polar surface area (TPSA) is 51.0 Å².